The van der Waals surface area contributed by atoms with Crippen LogP contribution in [-0.2, 0) is 14.4 Å². The molecule has 136 valence electrons. The van der Waals surface area contributed by atoms with Crippen molar-refractivity contribution in [3.63, 3.8) is 0 Å². The fourth-order valence-electron chi connectivity index (χ4n) is 1.80. The molecular weight excluding hydrogens is 344 g/mol. The van der Waals surface area contributed by atoms with Gasteiger partial charge in [0.05, 0.1) is 6.42 Å². The number of hydrazone groups is 1. The molecule has 0 aliphatic rings. The molecule has 1 aromatic carbocycles. The molecule has 0 aromatic heterocycles. The van der Waals surface area contributed by atoms with Crippen molar-refractivity contribution in [2.24, 2.45) is 5.10 Å². The first-order valence-electron chi connectivity index (χ1n) is 7.70. The zero-order valence-electron chi connectivity index (χ0n) is 15.0. The summed E-state index contributed by atoms with van der Waals surface area (Å²) >= 11 is 6.00. The van der Waals surface area contributed by atoms with E-state index in [1.807, 2.05) is 0 Å². The Morgan fingerprint density at radius 2 is 1.80 bits per heavy atom. The monoisotopic (exact) mass is 366 g/mol. The van der Waals surface area contributed by atoms with Crippen LogP contribution in [0.15, 0.2) is 23.3 Å². The lowest BCUT2D eigenvalue weighted by molar-refractivity contribution is -0.140. The molecule has 7 nitrogen and oxygen atoms in total. The second kappa shape index (κ2) is 8.62. The molecule has 0 spiro atoms. The average molecular weight is 367 g/mol. The van der Waals surface area contributed by atoms with Crippen LogP contribution in [0.3, 0.4) is 0 Å². The first kappa shape index (κ1) is 20.6. The Bertz CT molecular complexity index is 708. The Labute approximate surface area is 152 Å². The van der Waals surface area contributed by atoms with Crippen LogP contribution in [-0.4, -0.2) is 29.0 Å². The minimum absolute atomic E-state index is 0.0346. The van der Waals surface area contributed by atoms with E-state index in [2.05, 4.69) is 21.2 Å². The number of carbonyl (C=O) groups is 3. The van der Waals surface area contributed by atoms with Crippen molar-refractivity contribution in [2.45, 2.75) is 46.6 Å². The van der Waals surface area contributed by atoms with Crippen molar-refractivity contribution in [1.29, 1.82) is 0 Å². The van der Waals surface area contributed by atoms with Crippen LogP contribution in [0.2, 0.25) is 5.02 Å². The van der Waals surface area contributed by atoms with Gasteiger partial charge in [-0.25, -0.2) is 5.43 Å². The van der Waals surface area contributed by atoms with Crippen molar-refractivity contribution in [1.82, 2.24) is 10.7 Å². The van der Waals surface area contributed by atoms with E-state index in [0.29, 0.717) is 16.4 Å². The van der Waals surface area contributed by atoms with Crippen LogP contribution in [0.1, 0.15) is 39.7 Å². The quantitative estimate of drug-likeness (QED) is 0.433. The molecular formula is C17H23ClN4O3. The van der Waals surface area contributed by atoms with E-state index < -0.39 is 17.4 Å². The second-order valence-electron chi connectivity index (χ2n) is 6.63. The lowest BCUT2D eigenvalue weighted by Crippen LogP contribution is -2.47. The minimum Gasteiger partial charge on any atom is -0.343 e. The third-order valence-electron chi connectivity index (χ3n) is 3.00. The van der Waals surface area contributed by atoms with Gasteiger partial charge in [0, 0.05) is 22.0 Å². The number of amides is 3. The largest absolute Gasteiger partial charge is 0.343 e. The Morgan fingerprint density at radius 1 is 1.16 bits per heavy atom. The SMILES string of the molecule is CC(CC(=O)Nc1cccc(Cl)c1C)=NNC(=O)C(=O)NC(C)(C)C. The third-order valence-corrected chi connectivity index (χ3v) is 3.41. The molecule has 0 saturated heterocycles. The van der Waals surface area contributed by atoms with Gasteiger partial charge in [-0.1, -0.05) is 17.7 Å². The van der Waals surface area contributed by atoms with E-state index in [1.165, 1.54) is 0 Å². The van der Waals surface area contributed by atoms with E-state index >= 15 is 0 Å². The molecule has 0 saturated carbocycles. The number of hydrogen-bond acceptors (Lipinski definition) is 4. The maximum Gasteiger partial charge on any atom is 0.329 e. The van der Waals surface area contributed by atoms with Crippen LogP contribution in [0.4, 0.5) is 5.69 Å². The number of benzene rings is 1. The summed E-state index contributed by atoms with van der Waals surface area (Å²) in [6.07, 6.45) is -0.0346. The number of halogens is 1. The van der Waals surface area contributed by atoms with Crippen molar-refractivity contribution in [3.8, 4) is 0 Å². The van der Waals surface area contributed by atoms with Crippen LogP contribution in [0.5, 0.6) is 0 Å². The summed E-state index contributed by atoms with van der Waals surface area (Å²) in [5, 5.41) is 9.56. The molecule has 3 amide bonds. The molecule has 0 aliphatic heterocycles. The number of carbonyl (C=O) groups excluding carboxylic acids is 3. The highest BCUT2D eigenvalue weighted by molar-refractivity contribution is 6.35. The standard InChI is InChI=1S/C17H23ClN4O3/c1-10(21-22-16(25)15(24)20-17(3,4)5)9-14(23)19-13-8-6-7-12(18)11(13)2/h6-8H,9H2,1-5H3,(H,19,23)(H,20,24)(H,22,25). The van der Waals surface area contributed by atoms with Gasteiger partial charge in [0.15, 0.2) is 0 Å². The zero-order chi connectivity index (χ0) is 19.2. The molecule has 0 unspecified atom stereocenters. The summed E-state index contributed by atoms with van der Waals surface area (Å²) in [7, 11) is 0. The molecule has 0 heterocycles. The summed E-state index contributed by atoms with van der Waals surface area (Å²) in [5.41, 5.74) is 3.33. The van der Waals surface area contributed by atoms with Gasteiger partial charge >= 0.3 is 11.8 Å². The lowest BCUT2D eigenvalue weighted by Gasteiger charge is -2.19. The van der Waals surface area contributed by atoms with E-state index in [-0.39, 0.29) is 12.3 Å². The topological polar surface area (TPSA) is 99.7 Å². The minimum atomic E-state index is -0.889. The summed E-state index contributed by atoms with van der Waals surface area (Å²) in [6, 6.07) is 5.21. The highest BCUT2D eigenvalue weighted by Crippen LogP contribution is 2.22. The Balaban J connectivity index is 2.57. The van der Waals surface area contributed by atoms with Gasteiger partial charge in [-0.15, -0.1) is 0 Å². The summed E-state index contributed by atoms with van der Waals surface area (Å²) in [5.74, 6) is -1.98. The molecule has 3 N–H and O–H groups in total. The zero-order valence-corrected chi connectivity index (χ0v) is 15.7. The molecule has 1 rings (SSSR count). The van der Waals surface area contributed by atoms with Gasteiger partial charge in [0.25, 0.3) is 0 Å². The first-order valence-corrected chi connectivity index (χ1v) is 8.08. The molecule has 0 radical (unpaired) electrons. The number of nitrogens with one attached hydrogen (secondary N) is 3. The van der Waals surface area contributed by atoms with Gasteiger partial charge in [-0.2, -0.15) is 5.10 Å². The van der Waals surface area contributed by atoms with Crippen molar-refractivity contribution < 1.29 is 14.4 Å². The summed E-state index contributed by atoms with van der Waals surface area (Å²) < 4.78 is 0. The van der Waals surface area contributed by atoms with Crippen molar-refractivity contribution in [3.05, 3.63) is 28.8 Å². The molecule has 8 heteroatoms. The van der Waals surface area contributed by atoms with Crippen molar-refractivity contribution >= 4 is 40.7 Å². The normalized spacial score (nSPS) is 11.7. The second-order valence-corrected chi connectivity index (χ2v) is 7.04. The summed E-state index contributed by atoms with van der Waals surface area (Å²) in [6.45, 7) is 8.65. The van der Waals surface area contributed by atoms with E-state index in [0.717, 1.165) is 5.56 Å². The van der Waals surface area contributed by atoms with Gasteiger partial charge in [0.2, 0.25) is 5.91 Å². The first-order chi connectivity index (χ1) is 11.5. The number of rotatable bonds is 4. The van der Waals surface area contributed by atoms with Crippen LogP contribution in [0.25, 0.3) is 0 Å². The van der Waals surface area contributed by atoms with E-state index in [1.54, 1.807) is 52.8 Å². The molecule has 0 atom stereocenters. The Hall–Kier alpha value is -2.41. The molecule has 0 fully saturated rings. The average Bonchev–Trinajstić information content (AvgIpc) is 2.47. The smallest absolute Gasteiger partial charge is 0.329 e. The maximum absolute atomic E-state index is 12.0. The fourth-order valence-corrected chi connectivity index (χ4v) is 1.98. The predicted octanol–water partition coefficient (Wildman–Crippen LogP) is 2.38. The number of nitrogens with zero attached hydrogens (tertiary/aromatic N) is 1. The van der Waals surface area contributed by atoms with Gasteiger partial charge < -0.3 is 10.6 Å². The fraction of sp³-hybridized carbons (Fsp3) is 0.412. The molecule has 1 aromatic rings. The number of anilines is 1. The molecule has 25 heavy (non-hydrogen) atoms. The van der Waals surface area contributed by atoms with Gasteiger partial charge in [0.1, 0.15) is 0 Å². The predicted molar refractivity (Wildman–Crippen MR) is 98.6 cm³/mol. The highest BCUT2D eigenvalue weighted by Gasteiger charge is 2.19. The van der Waals surface area contributed by atoms with Crippen LogP contribution in [0, 0.1) is 6.92 Å². The lowest BCUT2D eigenvalue weighted by atomic mass is 10.1. The van der Waals surface area contributed by atoms with Gasteiger partial charge in [-0.3, -0.25) is 14.4 Å². The van der Waals surface area contributed by atoms with E-state index in [9.17, 15) is 14.4 Å². The number of hydrogen-bond donors (Lipinski definition) is 3. The third kappa shape index (κ3) is 7.34. The highest BCUT2D eigenvalue weighted by atomic mass is 35.5. The van der Waals surface area contributed by atoms with Gasteiger partial charge in [-0.05, 0) is 52.3 Å². The Morgan fingerprint density at radius 3 is 2.40 bits per heavy atom. The molecule has 0 aliphatic carbocycles. The van der Waals surface area contributed by atoms with Crippen LogP contribution < -0.4 is 16.1 Å². The maximum atomic E-state index is 12.0. The molecule has 0 bridgehead atoms. The van der Waals surface area contributed by atoms with E-state index in [4.69, 9.17) is 11.6 Å². The summed E-state index contributed by atoms with van der Waals surface area (Å²) in [4.78, 5) is 35.3. The Kier molecular flexibility index (Phi) is 7.11. The van der Waals surface area contributed by atoms with Crippen molar-refractivity contribution in [2.75, 3.05) is 5.32 Å². The van der Waals surface area contributed by atoms with Crippen LogP contribution >= 0.6 is 11.6 Å².